The zero-order valence-corrected chi connectivity index (χ0v) is 29.4. The van der Waals surface area contributed by atoms with E-state index in [4.69, 9.17) is 9.72 Å². The molecule has 51 heavy (non-hydrogen) atoms. The predicted molar refractivity (Wildman–Crippen MR) is 196 cm³/mol. The number of nitrogens with one attached hydrogen (secondary N) is 2. The van der Waals surface area contributed by atoms with E-state index in [1.54, 1.807) is 10.9 Å². The highest BCUT2D eigenvalue weighted by Gasteiger charge is 2.48. The highest BCUT2D eigenvalue weighted by atomic mass is 19.1. The first-order valence-electron chi connectivity index (χ1n) is 18.4. The van der Waals surface area contributed by atoms with Crippen molar-refractivity contribution in [3.63, 3.8) is 0 Å². The molecule has 3 aromatic heterocycles. The SMILES string of the molecule is Cc1cc2c(nc(OCC[C@@H]3CCCN3C)c3c(=O)c(Nc4cnn(C)c4)cn([C@H]4[C@H]5CN[C@@H]4C5)c32)c(F)c1-c1cccc2c1C(C#N)CCC2. The number of anilines is 2. The summed E-state index contributed by atoms with van der Waals surface area (Å²) in [7, 11) is 3.97. The molecule has 0 amide bonds. The van der Waals surface area contributed by atoms with Gasteiger partial charge in [0.25, 0.3) is 0 Å². The Hall–Kier alpha value is -4.79. The second-order valence-corrected chi connectivity index (χ2v) is 15.1. The Balaban J connectivity index is 1.29. The van der Waals surface area contributed by atoms with Crippen LogP contribution in [0.25, 0.3) is 32.9 Å². The molecule has 6 heterocycles. The van der Waals surface area contributed by atoms with Gasteiger partial charge in [0.1, 0.15) is 16.6 Å². The third kappa shape index (κ3) is 5.22. The van der Waals surface area contributed by atoms with Crippen LogP contribution in [0.15, 0.2) is 47.7 Å². The van der Waals surface area contributed by atoms with Gasteiger partial charge in [-0.05, 0) is 99.7 Å². The number of fused-ring (bicyclic) bond motifs is 5. The van der Waals surface area contributed by atoms with Gasteiger partial charge < -0.3 is 24.8 Å². The minimum atomic E-state index is -0.450. The Morgan fingerprint density at radius 3 is 2.80 bits per heavy atom. The molecule has 2 aliphatic carbocycles. The molecule has 1 unspecified atom stereocenters. The van der Waals surface area contributed by atoms with Crippen molar-refractivity contribution in [2.24, 2.45) is 13.0 Å². The van der Waals surface area contributed by atoms with Crippen molar-refractivity contribution in [2.75, 3.05) is 32.1 Å². The summed E-state index contributed by atoms with van der Waals surface area (Å²) in [5, 5.41) is 22.3. The average Bonchev–Trinajstić information content (AvgIpc) is 3.94. The zero-order chi connectivity index (χ0) is 35.0. The largest absolute Gasteiger partial charge is 0.477 e. The van der Waals surface area contributed by atoms with E-state index in [-0.39, 0.29) is 34.8 Å². The second kappa shape index (κ2) is 12.5. The van der Waals surface area contributed by atoms with Crippen LogP contribution in [0.3, 0.4) is 0 Å². The second-order valence-electron chi connectivity index (χ2n) is 15.1. The van der Waals surface area contributed by atoms with Crippen LogP contribution < -0.4 is 20.8 Å². The maximum absolute atomic E-state index is 17.5. The molecule has 10 rings (SSSR count). The highest BCUT2D eigenvalue weighted by Crippen LogP contribution is 2.48. The fourth-order valence-electron chi connectivity index (χ4n) is 9.46. The molecule has 4 fully saturated rings. The molecule has 10 nitrogen and oxygen atoms in total. The molecule has 3 aliphatic heterocycles. The minimum absolute atomic E-state index is 0.0914. The Labute approximate surface area is 296 Å². The van der Waals surface area contributed by atoms with Gasteiger partial charge in [0.2, 0.25) is 11.3 Å². The van der Waals surface area contributed by atoms with Gasteiger partial charge in [-0.1, -0.05) is 18.2 Å². The number of nitriles is 1. The van der Waals surface area contributed by atoms with E-state index in [0.717, 1.165) is 80.3 Å². The monoisotopic (exact) mass is 686 g/mol. The number of aryl methyl sites for hydroxylation is 3. The molecule has 5 atom stereocenters. The molecule has 262 valence electrons. The van der Waals surface area contributed by atoms with Crippen LogP contribution in [0.1, 0.15) is 67.2 Å². The quantitative estimate of drug-likeness (QED) is 0.179. The summed E-state index contributed by atoms with van der Waals surface area (Å²) in [5.74, 6) is -0.199. The van der Waals surface area contributed by atoms with Gasteiger partial charge >= 0.3 is 0 Å². The van der Waals surface area contributed by atoms with Crippen molar-refractivity contribution < 1.29 is 9.13 Å². The average molecular weight is 687 g/mol. The van der Waals surface area contributed by atoms with Crippen molar-refractivity contribution in [2.45, 2.75) is 75.9 Å². The molecule has 2 N–H and O–H groups in total. The normalized spacial score (nSPS) is 24.1. The van der Waals surface area contributed by atoms with Gasteiger partial charge in [-0.25, -0.2) is 9.37 Å². The van der Waals surface area contributed by atoms with Gasteiger partial charge in [0.15, 0.2) is 5.82 Å². The van der Waals surface area contributed by atoms with Crippen LogP contribution in [0.2, 0.25) is 0 Å². The lowest BCUT2D eigenvalue weighted by molar-refractivity contribution is 0.224. The number of rotatable bonds is 8. The van der Waals surface area contributed by atoms with Crippen molar-refractivity contribution in [3.8, 4) is 23.1 Å². The summed E-state index contributed by atoms with van der Waals surface area (Å²) >= 11 is 0. The number of benzene rings is 2. The van der Waals surface area contributed by atoms with E-state index in [9.17, 15) is 10.1 Å². The molecule has 0 spiro atoms. The smallest absolute Gasteiger partial charge is 0.227 e. The summed E-state index contributed by atoms with van der Waals surface area (Å²) in [5.41, 5.74) is 5.65. The first kappa shape index (κ1) is 32.1. The van der Waals surface area contributed by atoms with Crippen molar-refractivity contribution in [1.29, 1.82) is 5.26 Å². The maximum Gasteiger partial charge on any atom is 0.227 e. The number of ether oxygens (including phenoxy) is 1. The fourth-order valence-corrected chi connectivity index (χ4v) is 9.46. The predicted octanol–water partition coefficient (Wildman–Crippen LogP) is 6.48. The van der Waals surface area contributed by atoms with Gasteiger partial charge in [-0.15, -0.1) is 0 Å². The number of halogens is 1. The topological polar surface area (TPSA) is 113 Å². The minimum Gasteiger partial charge on any atom is -0.477 e. The highest BCUT2D eigenvalue weighted by molar-refractivity contribution is 6.08. The first-order chi connectivity index (χ1) is 24.8. The van der Waals surface area contributed by atoms with Crippen LogP contribution in [0.5, 0.6) is 5.88 Å². The number of aromatic nitrogens is 4. The zero-order valence-electron chi connectivity index (χ0n) is 29.4. The Kier molecular flexibility index (Phi) is 7.85. The lowest BCUT2D eigenvalue weighted by atomic mass is 9.78. The summed E-state index contributed by atoms with van der Waals surface area (Å²) in [6.07, 6.45) is 12.1. The standard InChI is InChI=1S/C40H43FN8O2/c1-22-15-29-36(35(41)32(22)28-11-5-8-23-7-4-9-24(17-42)33(23)28)46-40(51-14-12-27-10-6-13-47(27)2)34-38(29)49(37-25-16-30(37)43-18-25)21-31(39(34)50)45-26-19-44-48(3)20-26/h5,8,11,15,19-21,24-25,27,30,37,43,45H,4,6-7,9-10,12-14,16,18H2,1-3H3/t24?,25-,27+,30-,37+/m1/s1. The molecular formula is C40H43FN8O2. The van der Waals surface area contributed by atoms with E-state index in [0.29, 0.717) is 51.8 Å². The van der Waals surface area contributed by atoms with E-state index >= 15 is 4.39 Å². The van der Waals surface area contributed by atoms with Crippen molar-refractivity contribution >= 4 is 33.2 Å². The lowest BCUT2D eigenvalue weighted by Gasteiger charge is -2.38. The van der Waals surface area contributed by atoms with Crippen molar-refractivity contribution in [1.82, 2.24) is 29.5 Å². The lowest BCUT2D eigenvalue weighted by Crippen LogP contribution is -2.39. The number of likely N-dealkylation sites (tertiary alicyclic amines) is 1. The molecule has 5 aliphatic rings. The van der Waals surface area contributed by atoms with Crippen LogP contribution in [0.4, 0.5) is 15.8 Å². The molecule has 5 aromatic rings. The van der Waals surface area contributed by atoms with Gasteiger partial charge in [-0.2, -0.15) is 10.4 Å². The van der Waals surface area contributed by atoms with Gasteiger partial charge in [0, 0.05) is 49.0 Å². The molecule has 0 radical (unpaired) electrons. The van der Waals surface area contributed by atoms with Crippen LogP contribution in [0, 0.1) is 30.0 Å². The fraction of sp³-hybridized carbons (Fsp3) is 0.450. The van der Waals surface area contributed by atoms with Gasteiger partial charge in [0.05, 0.1) is 42.0 Å². The third-order valence-corrected chi connectivity index (χ3v) is 12.0. The van der Waals surface area contributed by atoms with Gasteiger partial charge in [-0.3, -0.25) is 9.48 Å². The number of nitrogens with zero attached hydrogens (tertiary/aromatic N) is 6. The molecule has 2 bridgehead atoms. The molecule has 2 aromatic carbocycles. The first-order valence-corrected chi connectivity index (χ1v) is 18.4. The Morgan fingerprint density at radius 2 is 2.08 bits per heavy atom. The molecular weight excluding hydrogens is 643 g/mol. The number of hydrogen-bond donors (Lipinski definition) is 2. The van der Waals surface area contributed by atoms with E-state index in [1.807, 2.05) is 44.6 Å². The Morgan fingerprint density at radius 1 is 1.20 bits per heavy atom. The molecule has 1 saturated carbocycles. The van der Waals surface area contributed by atoms with E-state index in [2.05, 4.69) is 44.4 Å². The number of hydrogen-bond acceptors (Lipinski definition) is 8. The third-order valence-electron chi connectivity index (χ3n) is 12.0. The van der Waals surface area contributed by atoms with E-state index in [1.165, 1.54) is 0 Å². The van der Waals surface area contributed by atoms with Crippen LogP contribution in [-0.4, -0.2) is 63.1 Å². The summed E-state index contributed by atoms with van der Waals surface area (Å²) in [6, 6.07) is 11.2. The maximum atomic E-state index is 17.5. The van der Waals surface area contributed by atoms with Crippen LogP contribution >= 0.6 is 0 Å². The summed E-state index contributed by atoms with van der Waals surface area (Å²) in [6.45, 7) is 4.23. The van der Waals surface area contributed by atoms with E-state index < -0.39 is 5.82 Å². The number of pyridine rings is 2. The van der Waals surface area contributed by atoms with Crippen molar-refractivity contribution in [3.05, 3.63) is 75.6 Å². The molecule has 3 saturated heterocycles. The van der Waals surface area contributed by atoms with Crippen LogP contribution in [-0.2, 0) is 13.5 Å². The Bertz CT molecular complexity index is 2290. The summed E-state index contributed by atoms with van der Waals surface area (Å²) < 4.78 is 27.9. The molecule has 11 heteroatoms. The summed E-state index contributed by atoms with van der Waals surface area (Å²) in [4.78, 5) is 21.9.